The SMILES string of the molecule is CC1(C)CC(Nc2nnccc2C(=O)O)CC(C)(C)C1. The molecular weight excluding hydrogens is 254 g/mol. The Labute approximate surface area is 119 Å². The number of rotatable bonds is 3. The summed E-state index contributed by atoms with van der Waals surface area (Å²) in [6.45, 7) is 9.05. The second-order valence-corrected chi connectivity index (χ2v) is 7.35. The van der Waals surface area contributed by atoms with Crippen LogP contribution >= 0.6 is 0 Å². The van der Waals surface area contributed by atoms with Crippen molar-refractivity contribution in [1.29, 1.82) is 0 Å². The normalized spacial score (nSPS) is 21.4. The van der Waals surface area contributed by atoms with Crippen molar-refractivity contribution in [3.8, 4) is 0 Å². The monoisotopic (exact) mass is 277 g/mol. The van der Waals surface area contributed by atoms with E-state index in [-0.39, 0.29) is 22.4 Å². The van der Waals surface area contributed by atoms with Crippen LogP contribution in [-0.4, -0.2) is 27.3 Å². The summed E-state index contributed by atoms with van der Waals surface area (Å²) in [6.07, 6.45) is 4.59. The number of aromatic nitrogens is 2. The smallest absolute Gasteiger partial charge is 0.339 e. The highest BCUT2D eigenvalue weighted by Gasteiger charge is 2.38. The third-order valence-corrected chi connectivity index (χ3v) is 3.85. The molecule has 0 amide bonds. The molecule has 1 aliphatic rings. The van der Waals surface area contributed by atoms with Crippen molar-refractivity contribution < 1.29 is 9.90 Å². The number of carboxylic acid groups (broad SMARTS) is 1. The van der Waals surface area contributed by atoms with Crippen molar-refractivity contribution in [2.75, 3.05) is 5.32 Å². The number of carboxylic acids is 1. The average molecular weight is 277 g/mol. The van der Waals surface area contributed by atoms with Gasteiger partial charge in [0.15, 0.2) is 5.82 Å². The van der Waals surface area contributed by atoms with Gasteiger partial charge in [-0.3, -0.25) is 0 Å². The van der Waals surface area contributed by atoms with E-state index in [0.717, 1.165) is 12.8 Å². The predicted molar refractivity (Wildman–Crippen MR) is 77.8 cm³/mol. The number of nitrogens with one attached hydrogen (secondary N) is 1. The Morgan fingerprint density at radius 1 is 1.30 bits per heavy atom. The van der Waals surface area contributed by atoms with Gasteiger partial charge < -0.3 is 10.4 Å². The summed E-state index contributed by atoms with van der Waals surface area (Å²) in [5, 5.41) is 20.2. The lowest BCUT2D eigenvalue weighted by atomic mass is 9.63. The lowest BCUT2D eigenvalue weighted by Crippen LogP contribution is -2.40. The molecule has 0 aromatic carbocycles. The second kappa shape index (κ2) is 5.04. The molecule has 0 saturated heterocycles. The minimum Gasteiger partial charge on any atom is -0.478 e. The van der Waals surface area contributed by atoms with Gasteiger partial charge in [0, 0.05) is 6.04 Å². The van der Waals surface area contributed by atoms with Crippen molar-refractivity contribution in [2.45, 2.75) is 53.0 Å². The number of carbonyl (C=O) groups is 1. The number of hydrogen-bond donors (Lipinski definition) is 2. The third-order valence-electron chi connectivity index (χ3n) is 3.85. The zero-order valence-electron chi connectivity index (χ0n) is 12.6. The van der Waals surface area contributed by atoms with Crippen LogP contribution in [0.4, 0.5) is 5.82 Å². The van der Waals surface area contributed by atoms with E-state index in [4.69, 9.17) is 0 Å². The fraction of sp³-hybridized carbons (Fsp3) is 0.667. The van der Waals surface area contributed by atoms with Crippen LogP contribution in [0.15, 0.2) is 12.3 Å². The largest absolute Gasteiger partial charge is 0.478 e. The van der Waals surface area contributed by atoms with Gasteiger partial charge in [-0.2, -0.15) is 5.10 Å². The van der Waals surface area contributed by atoms with Gasteiger partial charge in [0.1, 0.15) is 5.56 Å². The first-order valence-corrected chi connectivity index (χ1v) is 7.00. The van der Waals surface area contributed by atoms with Gasteiger partial charge >= 0.3 is 5.97 Å². The molecule has 1 saturated carbocycles. The third kappa shape index (κ3) is 3.46. The number of hydrogen-bond acceptors (Lipinski definition) is 4. The Morgan fingerprint density at radius 3 is 2.45 bits per heavy atom. The van der Waals surface area contributed by atoms with Crippen molar-refractivity contribution in [2.24, 2.45) is 10.8 Å². The molecule has 20 heavy (non-hydrogen) atoms. The summed E-state index contributed by atoms with van der Waals surface area (Å²) < 4.78 is 0. The lowest BCUT2D eigenvalue weighted by Gasteiger charge is -2.45. The van der Waals surface area contributed by atoms with E-state index in [0.29, 0.717) is 5.82 Å². The van der Waals surface area contributed by atoms with Gasteiger partial charge in [-0.25, -0.2) is 4.79 Å². The van der Waals surface area contributed by atoms with Crippen LogP contribution in [0.3, 0.4) is 0 Å². The topological polar surface area (TPSA) is 75.1 Å². The molecule has 1 heterocycles. The van der Waals surface area contributed by atoms with Crippen LogP contribution in [0.25, 0.3) is 0 Å². The molecule has 1 fully saturated rings. The maximum Gasteiger partial charge on any atom is 0.339 e. The Kier molecular flexibility index (Phi) is 3.71. The fourth-order valence-corrected chi connectivity index (χ4v) is 3.75. The highest BCUT2D eigenvalue weighted by molar-refractivity contribution is 5.92. The molecule has 2 rings (SSSR count). The fourth-order valence-electron chi connectivity index (χ4n) is 3.75. The van der Waals surface area contributed by atoms with E-state index >= 15 is 0 Å². The molecule has 0 bridgehead atoms. The molecule has 0 unspecified atom stereocenters. The van der Waals surface area contributed by atoms with E-state index in [1.807, 2.05) is 0 Å². The molecule has 0 spiro atoms. The molecule has 2 N–H and O–H groups in total. The second-order valence-electron chi connectivity index (χ2n) is 7.35. The summed E-state index contributed by atoms with van der Waals surface area (Å²) in [5.41, 5.74) is 0.664. The average Bonchev–Trinajstić information content (AvgIpc) is 2.24. The van der Waals surface area contributed by atoms with Gasteiger partial charge in [0.25, 0.3) is 0 Å². The summed E-state index contributed by atoms with van der Waals surface area (Å²) in [4.78, 5) is 11.2. The van der Waals surface area contributed by atoms with Crippen LogP contribution in [0.5, 0.6) is 0 Å². The number of nitrogens with zero attached hydrogens (tertiary/aromatic N) is 2. The Morgan fingerprint density at radius 2 is 1.90 bits per heavy atom. The van der Waals surface area contributed by atoms with Crippen molar-refractivity contribution in [3.05, 3.63) is 17.8 Å². The summed E-state index contributed by atoms with van der Waals surface area (Å²) in [6, 6.07) is 1.71. The van der Waals surface area contributed by atoms with Gasteiger partial charge in [-0.1, -0.05) is 27.7 Å². The molecule has 110 valence electrons. The van der Waals surface area contributed by atoms with Crippen LogP contribution in [-0.2, 0) is 0 Å². The number of anilines is 1. The molecule has 0 atom stereocenters. The van der Waals surface area contributed by atoms with Gasteiger partial charge in [-0.15, -0.1) is 5.10 Å². The predicted octanol–water partition coefficient (Wildman–Crippen LogP) is 3.19. The van der Waals surface area contributed by atoms with Gasteiger partial charge in [-0.05, 0) is 36.2 Å². The Bertz CT molecular complexity index is 496. The van der Waals surface area contributed by atoms with Crippen LogP contribution in [0.1, 0.15) is 57.3 Å². The number of aromatic carboxylic acids is 1. The van der Waals surface area contributed by atoms with E-state index < -0.39 is 5.97 Å². The minimum absolute atomic E-state index is 0.182. The molecule has 5 nitrogen and oxygen atoms in total. The van der Waals surface area contributed by atoms with Crippen molar-refractivity contribution >= 4 is 11.8 Å². The maximum atomic E-state index is 11.2. The Balaban J connectivity index is 2.20. The Hall–Kier alpha value is -1.65. The summed E-state index contributed by atoms with van der Waals surface area (Å²) in [7, 11) is 0. The standard InChI is InChI=1S/C15H23N3O2/c1-14(2)7-10(8-15(3,4)9-14)17-12-11(13(19)20)5-6-16-18-12/h5-6,10H,7-9H2,1-4H3,(H,17,18)(H,19,20). The first-order valence-electron chi connectivity index (χ1n) is 7.00. The zero-order valence-corrected chi connectivity index (χ0v) is 12.6. The van der Waals surface area contributed by atoms with Crippen LogP contribution in [0, 0.1) is 10.8 Å². The summed E-state index contributed by atoms with van der Waals surface area (Å²) in [5.74, 6) is -0.602. The maximum absolute atomic E-state index is 11.2. The van der Waals surface area contributed by atoms with E-state index in [1.54, 1.807) is 0 Å². The van der Waals surface area contributed by atoms with E-state index in [1.165, 1.54) is 18.7 Å². The van der Waals surface area contributed by atoms with Crippen LogP contribution in [0.2, 0.25) is 0 Å². The highest BCUT2D eigenvalue weighted by atomic mass is 16.4. The molecule has 0 radical (unpaired) electrons. The molecular formula is C15H23N3O2. The molecule has 0 aliphatic heterocycles. The van der Waals surface area contributed by atoms with Crippen molar-refractivity contribution in [1.82, 2.24) is 10.2 Å². The van der Waals surface area contributed by atoms with Gasteiger partial charge in [0.2, 0.25) is 0 Å². The lowest BCUT2D eigenvalue weighted by molar-refractivity contribution is 0.0697. The first-order chi connectivity index (χ1) is 9.19. The molecule has 1 aromatic heterocycles. The quantitative estimate of drug-likeness (QED) is 0.887. The van der Waals surface area contributed by atoms with Crippen molar-refractivity contribution in [3.63, 3.8) is 0 Å². The molecule has 1 aliphatic carbocycles. The summed E-state index contributed by atoms with van der Waals surface area (Å²) >= 11 is 0. The van der Waals surface area contributed by atoms with Gasteiger partial charge in [0.05, 0.1) is 6.20 Å². The van der Waals surface area contributed by atoms with Crippen LogP contribution < -0.4 is 5.32 Å². The highest BCUT2D eigenvalue weighted by Crippen LogP contribution is 2.46. The molecule has 5 heteroatoms. The van der Waals surface area contributed by atoms with E-state index in [9.17, 15) is 9.90 Å². The molecule has 1 aromatic rings. The zero-order chi connectivity index (χ0) is 15.0. The minimum atomic E-state index is -0.975. The first kappa shape index (κ1) is 14.8. The van der Waals surface area contributed by atoms with E-state index in [2.05, 4.69) is 43.2 Å².